The van der Waals surface area contributed by atoms with E-state index in [9.17, 15) is 18.0 Å². The van der Waals surface area contributed by atoms with Gasteiger partial charge in [-0.2, -0.15) is 13.2 Å². The zero-order chi connectivity index (χ0) is 14.9. The fourth-order valence-corrected chi connectivity index (χ4v) is 1.55. The zero-order valence-corrected chi connectivity index (χ0v) is 11.2. The molecule has 1 fully saturated rings. The predicted octanol–water partition coefficient (Wildman–Crippen LogP) is 1.51. The number of rotatable bonds is 0. The summed E-state index contributed by atoms with van der Waals surface area (Å²) in [5.74, 6) is 0. The molecule has 2 N–H and O–H groups in total. The van der Waals surface area contributed by atoms with Crippen molar-refractivity contribution >= 4 is 6.09 Å². The molecule has 1 saturated heterocycles. The summed E-state index contributed by atoms with van der Waals surface area (Å²) in [6, 6.07) is 0. The van der Waals surface area contributed by atoms with E-state index in [1.54, 1.807) is 20.8 Å². The molecule has 1 rings (SSSR count). The van der Waals surface area contributed by atoms with Gasteiger partial charge in [0.25, 0.3) is 0 Å². The largest absolute Gasteiger partial charge is 0.444 e. The van der Waals surface area contributed by atoms with E-state index in [0.717, 1.165) is 4.90 Å². The fraction of sp³-hybridized carbons (Fsp3) is 0.909. The van der Waals surface area contributed by atoms with Crippen molar-refractivity contribution in [3.05, 3.63) is 0 Å². The number of nitrogens with two attached hydrogens (primary N) is 1. The van der Waals surface area contributed by atoms with Gasteiger partial charge in [0.2, 0.25) is 0 Å². The normalized spacial score (nSPS) is 25.9. The molecule has 19 heavy (non-hydrogen) atoms. The highest BCUT2D eigenvalue weighted by atomic mass is 19.4. The van der Waals surface area contributed by atoms with Crippen LogP contribution in [-0.4, -0.2) is 54.6 Å². The summed E-state index contributed by atoms with van der Waals surface area (Å²) in [5.41, 5.74) is 1.98. The van der Waals surface area contributed by atoms with Gasteiger partial charge < -0.3 is 20.1 Å². The highest BCUT2D eigenvalue weighted by Crippen LogP contribution is 2.31. The van der Waals surface area contributed by atoms with E-state index in [4.69, 9.17) is 15.2 Å². The number of carbonyl (C=O) groups is 1. The van der Waals surface area contributed by atoms with Crippen molar-refractivity contribution in [2.45, 2.75) is 38.1 Å². The molecule has 5 nitrogen and oxygen atoms in total. The van der Waals surface area contributed by atoms with E-state index < -0.39 is 36.6 Å². The van der Waals surface area contributed by atoms with E-state index in [1.807, 2.05) is 0 Å². The lowest BCUT2D eigenvalue weighted by atomic mass is 10.0. The van der Waals surface area contributed by atoms with Gasteiger partial charge in [0, 0.05) is 6.54 Å². The Labute approximate surface area is 109 Å². The van der Waals surface area contributed by atoms with Gasteiger partial charge >= 0.3 is 12.3 Å². The van der Waals surface area contributed by atoms with Crippen LogP contribution in [0.5, 0.6) is 0 Å². The molecule has 112 valence electrons. The molecule has 0 radical (unpaired) electrons. The highest BCUT2D eigenvalue weighted by molar-refractivity contribution is 5.68. The Bertz CT molecular complexity index is 341. The summed E-state index contributed by atoms with van der Waals surface area (Å²) < 4.78 is 48.6. The molecular weight excluding hydrogens is 265 g/mol. The van der Waals surface area contributed by atoms with Crippen molar-refractivity contribution in [2.24, 2.45) is 5.73 Å². The summed E-state index contributed by atoms with van der Waals surface area (Å²) in [5, 5.41) is 0. The van der Waals surface area contributed by atoms with E-state index >= 15 is 0 Å². The monoisotopic (exact) mass is 284 g/mol. The van der Waals surface area contributed by atoms with Crippen LogP contribution in [0.25, 0.3) is 0 Å². The first-order valence-corrected chi connectivity index (χ1v) is 5.86. The first-order valence-electron chi connectivity index (χ1n) is 5.86. The minimum Gasteiger partial charge on any atom is -0.444 e. The number of hydrogen-bond acceptors (Lipinski definition) is 4. The van der Waals surface area contributed by atoms with Crippen LogP contribution < -0.4 is 5.73 Å². The average molecular weight is 284 g/mol. The molecule has 1 aliphatic heterocycles. The smallest absolute Gasteiger partial charge is 0.410 e. The summed E-state index contributed by atoms with van der Waals surface area (Å²) in [6.45, 7) is 3.58. The van der Waals surface area contributed by atoms with Gasteiger partial charge in [-0.3, -0.25) is 0 Å². The molecule has 1 amide bonds. The van der Waals surface area contributed by atoms with Crippen LogP contribution in [0.1, 0.15) is 20.8 Å². The molecule has 8 heteroatoms. The Hall–Kier alpha value is -1.02. The minimum atomic E-state index is -4.66. The molecular formula is C11H19F3N2O3. The van der Waals surface area contributed by atoms with Crippen molar-refractivity contribution in [2.75, 3.05) is 26.3 Å². The number of carbonyl (C=O) groups excluding carboxylic acids is 1. The molecule has 0 aromatic carbocycles. The maximum Gasteiger partial charge on any atom is 0.410 e. The van der Waals surface area contributed by atoms with Gasteiger partial charge in [-0.1, -0.05) is 0 Å². The van der Waals surface area contributed by atoms with Gasteiger partial charge in [-0.05, 0) is 20.8 Å². The third kappa shape index (κ3) is 4.24. The van der Waals surface area contributed by atoms with Crippen LogP contribution >= 0.6 is 0 Å². The van der Waals surface area contributed by atoms with E-state index in [2.05, 4.69) is 0 Å². The van der Waals surface area contributed by atoms with Crippen LogP contribution in [0.3, 0.4) is 0 Å². The van der Waals surface area contributed by atoms with Crippen molar-refractivity contribution in [1.29, 1.82) is 0 Å². The first-order chi connectivity index (χ1) is 8.45. The van der Waals surface area contributed by atoms with Gasteiger partial charge in [-0.25, -0.2) is 4.79 Å². The number of amides is 1. The lowest BCUT2D eigenvalue weighted by molar-refractivity contribution is -0.198. The van der Waals surface area contributed by atoms with Crippen molar-refractivity contribution < 1.29 is 27.4 Å². The SMILES string of the molecule is CC(C)(C)OC(=O)N1CCOCC(N)(C(F)(F)F)C1. The molecule has 1 unspecified atom stereocenters. The molecule has 1 heterocycles. The summed E-state index contributed by atoms with van der Waals surface area (Å²) in [6.07, 6.45) is -5.48. The summed E-state index contributed by atoms with van der Waals surface area (Å²) in [7, 11) is 0. The second-order valence-corrected chi connectivity index (χ2v) is 5.61. The summed E-state index contributed by atoms with van der Waals surface area (Å²) in [4.78, 5) is 12.7. The van der Waals surface area contributed by atoms with E-state index in [1.165, 1.54) is 0 Å². The third-order valence-electron chi connectivity index (χ3n) is 2.55. The number of nitrogens with zero attached hydrogens (tertiary/aromatic N) is 1. The number of hydrogen-bond donors (Lipinski definition) is 1. The first kappa shape index (κ1) is 16.0. The lowest BCUT2D eigenvalue weighted by Gasteiger charge is -2.34. The standard InChI is InChI=1S/C11H19F3N2O3/c1-9(2,3)19-8(17)16-4-5-18-7-10(15,6-16)11(12,13)14/h4-7,15H2,1-3H3. The molecule has 1 atom stereocenters. The van der Waals surface area contributed by atoms with Gasteiger partial charge in [0.15, 0.2) is 5.54 Å². The van der Waals surface area contributed by atoms with Crippen molar-refractivity contribution in [1.82, 2.24) is 4.90 Å². The number of ether oxygens (including phenoxy) is 2. The highest BCUT2D eigenvalue weighted by Gasteiger charge is 2.54. The van der Waals surface area contributed by atoms with Crippen LogP contribution in [0.15, 0.2) is 0 Å². The van der Waals surface area contributed by atoms with Crippen LogP contribution in [0.4, 0.5) is 18.0 Å². The quantitative estimate of drug-likeness (QED) is 0.732. The lowest BCUT2D eigenvalue weighted by Crippen LogP contribution is -2.62. The van der Waals surface area contributed by atoms with Crippen LogP contribution in [-0.2, 0) is 9.47 Å². The summed E-state index contributed by atoms with van der Waals surface area (Å²) >= 11 is 0. The molecule has 0 aliphatic carbocycles. The number of halogens is 3. The molecule has 0 bridgehead atoms. The van der Waals surface area contributed by atoms with Crippen molar-refractivity contribution in [3.63, 3.8) is 0 Å². The Morgan fingerprint density at radius 1 is 1.37 bits per heavy atom. The second-order valence-electron chi connectivity index (χ2n) is 5.61. The maximum atomic E-state index is 12.9. The molecule has 0 saturated carbocycles. The topological polar surface area (TPSA) is 64.8 Å². The van der Waals surface area contributed by atoms with Gasteiger partial charge in [0.1, 0.15) is 5.60 Å². The van der Waals surface area contributed by atoms with Gasteiger partial charge in [0.05, 0.1) is 19.8 Å². The Morgan fingerprint density at radius 2 is 1.95 bits per heavy atom. The van der Waals surface area contributed by atoms with E-state index in [-0.39, 0.29) is 13.2 Å². The Balaban J connectivity index is 2.82. The molecule has 0 aromatic rings. The minimum absolute atomic E-state index is 0.00568. The van der Waals surface area contributed by atoms with Crippen LogP contribution in [0, 0.1) is 0 Å². The second kappa shape index (κ2) is 5.16. The number of alkyl halides is 3. The Kier molecular flexibility index (Phi) is 4.36. The molecule has 1 aliphatic rings. The van der Waals surface area contributed by atoms with Crippen molar-refractivity contribution in [3.8, 4) is 0 Å². The fourth-order valence-electron chi connectivity index (χ4n) is 1.55. The zero-order valence-electron chi connectivity index (χ0n) is 11.2. The molecule has 0 spiro atoms. The Morgan fingerprint density at radius 3 is 2.42 bits per heavy atom. The van der Waals surface area contributed by atoms with E-state index in [0.29, 0.717) is 0 Å². The predicted molar refractivity (Wildman–Crippen MR) is 61.6 cm³/mol. The molecule has 0 aromatic heterocycles. The van der Waals surface area contributed by atoms with Gasteiger partial charge in [-0.15, -0.1) is 0 Å². The maximum absolute atomic E-state index is 12.9. The third-order valence-corrected chi connectivity index (χ3v) is 2.55. The average Bonchev–Trinajstić information content (AvgIpc) is 2.37. The van der Waals surface area contributed by atoms with Crippen LogP contribution in [0.2, 0.25) is 0 Å².